The quantitative estimate of drug-likeness (QED) is 0.775. The highest BCUT2D eigenvalue weighted by molar-refractivity contribution is 5.75. The molecule has 2 atom stereocenters. The van der Waals surface area contributed by atoms with E-state index in [1.807, 2.05) is 27.7 Å². The molecule has 104 valence electrons. The Bertz CT molecular complexity index is 334. The molecule has 1 saturated heterocycles. The number of hydrogen-bond donors (Lipinski definition) is 1. The Balaban J connectivity index is 2.46. The second-order valence-corrected chi connectivity index (χ2v) is 6.32. The Labute approximate surface area is 108 Å². The van der Waals surface area contributed by atoms with E-state index in [1.165, 1.54) is 6.92 Å². The lowest BCUT2D eigenvalue weighted by Crippen LogP contribution is -2.33. The average molecular weight is 257 g/mol. The van der Waals surface area contributed by atoms with E-state index < -0.39 is 5.41 Å². The third-order valence-corrected chi connectivity index (χ3v) is 2.92. The van der Waals surface area contributed by atoms with Crippen molar-refractivity contribution in [3.63, 3.8) is 0 Å². The Morgan fingerprint density at radius 2 is 2.00 bits per heavy atom. The second kappa shape index (κ2) is 5.26. The summed E-state index contributed by atoms with van der Waals surface area (Å²) in [5.74, 6) is -0.511. The second-order valence-electron chi connectivity index (χ2n) is 6.32. The molecule has 1 rings (SSSR count). The number of ether oxygens (including phenoxy) is 2. The van der Waals surface area contributed by atoms with Crippen molar-refractivity contribution >= 4 is 11.9 Å². The van der Waals surface area contributed by atoms with E-state index in [4.69, 9.17) is 9.47 Å². The molecular formula is C13H23NO4. The first-order valence-electron chi connectivity index (χ1n) is 6.20. The Morgan fingerprint density at radius 3 is 2.50 bits per heavy atom. The predicted octanol–water partition coefficient (Wildman–Crippen LogP) is 1.46. The van der Waals surface area contributed by atoms with Crippen LogP contribution in [0.5, 0.6) is 0 Å². The molecule has 0 amide bonds. The van der Waals surface area contributed by atoms with Gasteiger partial charge in [-0.15, -0.1) is 0 Å². The summed E-state index contributed by atoms with van der Waals surface area (Å²) < 4.78 is 10.4. The zero-order valence-electron chi connectivity index (χ0n) is 11.8. The van der Waals surface area contributed by atoms with E-state index >= 15 is 0 Å². The molecule has 5 nitrogen and oxygen atoms in total. The van der Waals surface area contributed by atoms with Crippen LogP contribution in [0.1, 0.15) is 41.0 Å². The molecule has 0 radical (unpaired) electrons. The summed E-state index contributed by atoms with van der Waals surface area (Å²) in [5.41, 5.74) is -0.676. The lowest BCUT2D eigenvalue weighted by Gasteiger charge is -2.23. The predicted molar refractivity (Wildman–Crippen MR) is 66.7 cm³/mol. The van der Waals surface area contributed by atoms with Crippen LogP contribution in [0.15, 0.2) is 0 Å². The van der Waals surface area contributed by atoms with Crippen LogP contribution in [0.2, 0.25) is 0 Å². The van der Waals surface area contributed by atoms with Gasteiger partial charge in [0.05, 0.1) is 12.0 Å². The minimum atomic E-state index is -0.503. The van der Waals surface area contributed by atoms with E-state index in [0.717, 1.165) is 0 Å². The van der Waals surface area contributed by atoms with E-state index in [9.17, 15) is 9.59 Å². The molecule has 0 aromatic carbocycles. The molecule has 0 aromatic heterocycles. The van der Waals surface area contributed by atoms with Crippen LogP contribution in [-0.4, -0.2) is 31.3 Å². The van der Waals surface area contributed by atoms with Crippen LogP contribution in [0, 0.1) is 10.8 Å². The Hall–Kier alpha value is -1.10. The number of rotatable bonds is 3. The SMILES string of the molecule is CC(=O)OCC1(C)CNC(OC(=O)C(C)(C)C)C1. The Morgan fingerprint density at radius 1 is 1.39 bits per heavy atom. The highest BCUT2D eigenvalue weighted by Gasteiger charge is 2.39. The lowest BCUT2D eigenvalue weighted by molar-refractivity contribution is -0.160. The summed E-state index contributed by atoms with van der Waals surface area (Å²) in [6, 6.07) is 0. The topological polar surface area (TPSA) is 64.6 Å². The molecule has 18 heavy (non-hydrogen) atoms. The number of carbonyl (C=O) groups excluding carboxylic acids is 2. The molecule has 2 unspecified atom stereocenters. The molecule has 5 heteroatoms. The van der Waals surface area contributed by atoms with Crippen LogP contribution >= 0.6 is 0 Å². The van der Waals surface area contributed by atoms with Gasteiger partial charge in [-0.3, -0.25) is 14.9 Å². The smallest absolute Gasteiger partial charge is 0.312 e. The molecule has 1 heterocycles. The maximum atomic E-state index is 11.8. The number of hydrogen-bond acceptors (Lipinski definition) is 5. The van der Waals surface area contributed by atoms with Gasteiger partial charge in [0, 0.05) is 25.3 Å². The maximum Gasteiger partial charge on any atom is 0.312 e. The van der Waals surface area contributed by atoms with E-state index in [-0.39, 0.29) is 23.6 Å². The van der Waals surface area contributed by atoms with Crippen molar-refractivity contribution in [3.8, 4) is 0 Å². The zero-order valence-corrected chi connectivity index (χ0v) is 11.8. The standard InChI is InChI=1S/C13H23NO4/c1-9(15)17-8-13(5)6-10(14-7-13)18-11(16)12(2,3)4/h10,14H,6-8H2,1-5H3. The van der Waals surface area contributed by atoms with Crippen LogP contribution in [0.3, 0.4) is 0 Å². The summed E-state index contributed by atoms with van der Waals surface area (Å²) in [6.07, 6.45) is 0.361. The monoisotopic (exact) mass is 257 g/mol. The first kappa shape index (κ1) is 15.0. The van der Waals surface area contributed by atoms with Gasteiger partial charge in [0.15, 0.2) is 6.23 Å². The van der Waals surface area contributed by atoms with Crippen LogP contribution in [0.4, 0.5) is 0 Å². The minimum Gasteiger partial charge on any atom is -0.465 e. The fourth-order valence-corrected chi connectivity index (χ4v) is 1.73. The van der Waals surface area contributed by atoms with Crippen molar-refractivity contribution in [2.75, 3.05) is 13.2 Å². The zero-order chi connectivity index (χ0) is 14.0. The van der Waals surface area contributed by atoms with Crippen molar-refractivity contribution in [1.82, 2.24) is 5.32 Å². The van der Waals surface area contributed by atoms with E-state index in [1.54, 1.807) is 0 Å². The van der Waals surface area contributed by atoms with Crippen LogP contribution in [0.25, 0.3) is 0 Å². The summed E-state index contributed by atoms with van der Waals surface area (Å²) in [7, 11) is 0. The van der Waals surface area contributed by atoms with Gasteiger partial charge >= 0.3 is 11.9 Å². The number of esters is 2. The third-order valence-electron chi connectivity index (χ3n) is 2.92. The number of nitrogens with one attached hydrogen (secondary N) is 1. The van der Waals surface area contributed by atoms with Crippen molar-refractivity contribution in [2.45, 2.75) is 47.3 Å². The fourth-order valence-electron chi connectivity index (χ4n) is 1.73. The molecule has 1 aliphatic heterocycles. The molecule has 0 aromatic rings. The van der Waals surface area contributed by atoms with E-state index in [2.05, 4.69) is 5.32 Å². The lowest BCUT2D eigenvalue weighted by atomic mass is 9.90. The molecule has 1 aliphatic rings. The summed E-state index contributed by atoms with van der Waals surface area (Å²) >= 11 is 0. The van der Waals surface area contributed by atoms with Gasteiger partial charge in [0.25, 0.3) is 0 Å². The van der Waals surface area contributed by atoms with Crippen molar-refractivity contribution < 1.29 is 19.1 Å². The van der Waals surface area contributed by atoms with Gasteiger partial charge in [0.1, 0.15) is 0 Å². The highest BCUT2D eigenvalue weighted by Crippen LogP contribution is 2.30. The summed E-state index contributed by atoms with van der Waals surface area (Å²) in [6.45, 7) is 9.88. The molecule has 1 fully saturated rings. The van der Waals surface area contributed by atoms with Crippen molar-refractivity contribution in [3.05, 3.63) is 0 Å². The van der Waals surface area contributed by atoms with Gasteiger partial charge in [0.2, 0.25) is 0 Å². The van der Waals surface area contributed by atoms with E-state index in [0.29, 0.717) is 19.6 Å². The number of carbonyl (C=O) groups is 2. The fraction of sp³-hybridized carbons (Fsp3) is 0.846. The van der Waals surface area contributed by atoms with Gasteiger partial charge in [-0.05, 0) is 20.8 Å². The summed E-state index contributed by atoms with van der Waals surface area (Å²) in [4.78, 5) is 22.6. The minimum absolute atomic E-state index is 0.172. The Kier molecular flexibility index (Phi) is 4.37. The van der Waals surface area contributed by atoms with Gasteiger partial charge in [-0.25, -0.2) is 0 Å². The van der Waals surface area contributed by atoms with Gasteiger partial charge in [-0.1, -0.05) is 6.92 Å². The van der Waals surface area contributed by atoms with Crippen molar-refractivity contribution in [2.24, 2.45) is 10.8 Å². The maximum absolute atomic E-state index is 11.8. The molecule has 0 spiro atoms. The molecule has 0 bridgehead atoms. The molecular weight excluding hydrogens is 234 g/mol. The van der Waals surface area contributed by atoms with Crippen LogP contribution < -0.4 is 5.32 Å². The largest absolute Gasteiger partial charge is 0.465 e. The highest BCUT2D eigenvalue weighted by atomic mass is 16.6. The summed E-state index contributed by atoms with van der Waals surface area (Å²) in [5, 5.41) is 3.14. The first-order chi connectivity index (χ1) is 8.12. The third kappa shape index (κ3) is 4.29. The normalized spacial score (nSPS) is 27.9. The molecule has 0 saturated carbocycles. The van der Waals surface area contributed by atoms with Crippen LogP contribution in [-0.2, 0) is 19.1 Å². The molecule has 1 N–H and O–H groups in total. The average Bonchev–Trinajstić information content (AvgIpc) is 2.57. The van der Waals surface area contributed by atoms with Gasteiger partial charge in [-0.2, -0.15) is 0 Å². The van der Waals surface area contributed by atoms with Crippen molar-refractivity contribution in [1.29, 1.82) is 0 Å². The molecule has 0 aliphatic carbocycles. The first-order valence-corrected chi connectivity index (χ1v) is 6.20. The van der Waals surface area contributed by atoms with Gasteiger partial charge < -0.3 is 9.47 Å².